The number of anilines is 1. The van der Waals surface area contributed by atoms with Crippen LogP contribution < -0.4 is 11.5 Å². The predicted molar refractivity (Wildman–Crippen MR) is 55.7 cm³/mol. The van der Waals surface area contributed by atoms with Crippen molar-refractivity contribution in [1.29, 1.82) is 0 Å². The van der Waals surface area contributed by atoms with Gasteiger partial charge in [-0.25, -0.2) is 0 Å². The SMILES string of the molecule is Cc1cc(Cl)cc(C2(N)CC2)c1N. The molecule has 0 heterocycles. The van der Waals surface area contributed by atoms with E-state index < -0.39 is 0 Å². The third-order valence-corrected chi connectivity index (χ3v) is 2.89. The smallest absolute Gasteiger partial charge is 0.0432 e. The van der Waals surface area contributed by atoms with Crippen LogP contribution in [-0.2, 0) is 5.54 Å². The first-order chi connectivity index (χ1) is 6.03. The van der Waals surface area contributed by atoms with E-state index in [4.69, 9.17) is 23.1 Å². The van der Waals surface area contributed by atoms with Crippen molar-refractivity contribution in [1.82, 2.24) is 0 Å². The zero-order valence-corrected chi connectivity index (χ0v) is 8.36. The minimum Gasteiger partial charge on any atom is -0.398 e. The first-order valence-corrected chi connectivity index (χ1v) is 4.76. The van der Waals surface area contributed by atoms with Gasteiger partial charge in [-0.2, -0.15) is 0 Å². The van der Waals surface area contributed by atoms with Crippen LogP contribution >= 0.6 is 11.6 Å². The Bertz CT molecular complexity index is 356. The van der Waals surface area contributed by atoms with Crippen LogP contribution in [0.4, 0.5) is 5.69 Å². The Morgan fingerprint density at radius 3 is 2.54 bits per heavy atom. The van der Waals surface area contributed by atoms with Crippen LogP contribution in [0.1, 0.15) is 24.0 Å². The molecule has 3 heteroatoms. The van der Waals surface area contributed by atoms with E-state index in [9.17, 15) is 0 Å². The summed E-state index contributed by atoms with van der Waals surface area (Å²) >= 11 is 5.94. The number of rotatable bonds is 1. The quantitative estimate of drug-likeness (QED) is 0.677. The second kappa shape index (κ2) is 2.63. The first-order valence-electron chi connectivity index (χ1n) is 4.38. The molecule has 13 heavy (non-hydrogen) atoms. The maximum Gasteiger partial charge on any atom is 0.0432 e. The standard InChI is InChI=1S/C10H13ClN2/c1-6-4-7(11)5-8(9(6)12)10(13)2-3-10/h4-5H,2-3,12-13H2,1H3. The minimum atomic E-state index is -0.195. The fraction of sp³-hybridized carbons (Fsp3) is 0.400. The lowest BCUT2D eigenvalue weighted by molar-refractivity contribution is 0.742. The van der Waals surface area contributed by atoms with E-state index >= 15 is 0 Å². The van der Waals surface area contributed by atoms with E-state index in [2.05, 4.69) is 0 Å². The maximum absolute atomic E-state index is 6.07. The number of hydrogen-bond donors (Lipinski definition) is 2. The largest absolute Gasteiger partial charge is 0.398 e. The first kappa shape index (κ1) is 8.85. The highest BCUT2D eigenvalue weighted by atomic mass is 35.5. The lowest BCUT2D eigenvalue weighted by Crippen LogP contribution is -2.20. The lowest BCUT2D eigenvalue weighted by atomic mass is 10.0. The molecule has 1 aliphatic rings. The van der Waals surface area contributed by atoms with Crippen molar-refractivity contribution in [2.24, 2.45) is 5.73 Å². The number of hydrogen-bond acceptors (Lipinski definition) is 2. The van der Waals surface area contributed by atoms with Crippen molar-refractivity contribution < 1.29 is 0 Å². The fourth-order valence-corrected chi connectivity index (χ4v) is 1.84. The van der Waals surface area contributed by atoms with Crippen molar-refractivity contribution in [3.63, 3.8) is 0 Å². The van der Waals surface area contributed by atoms with Crippen molar-refractivity contribution in [2.75, 3.05) is 5.73 Å². The second-order valence-electron chi connectivity index (χ2n) is 3.84. The monoisotopic (exact) mass is 196 g/mol. The molecule has 70 valence electrons. The summed E-state index contributed by atoms with van der Waals surface area (Å²) in [5.74, 6) is 0. The van der Waals surface area contributed by atoms with Gasteiger partial charge in [0.05, 0.1) is 0 Å². The van der Waals surface area contributed by atoms with Crippen LogP contribution in [-0.4, -0.2) is 0 Å². The molecule has 0 atom stereocenters. The summed E-state index contributed by atoms with van der Waals surface area (Å²) < 4.78 is 0. The molecule has 0 spiro atoms. The van der Waals surface area contributed by atoms with Gasteiger partial charge in [-0.1, -0.05) is 11.6 Å². The van der Waals surface area contributed by atoms with Crippen molar-refractivity contribution in [3.05, 3.63) is 28.3 Å². The number of benzene rings is 1. The minimum absolute atomic E-state index is 0.195. The molecule has 0 radical (unpaired) electrons. The molecule has 2 nitrogen and oxygen atoms in total. The second-order valence-corrected chi connectivity index (χ2v) is 4.28. The summed E-state index contributed by atoms with van der Waals surface area (Å²) in [5, 5.41) is 0.721. The highest BCUT2D eigenvalue weighted by molar-refractivity contribution is 6.30. The summed E-state index contributed by atoms with van der Waals surface area (Å²) in [7, 11) is 0. The van der Waals surface area contributed by atoms with Crippen LogP contribution in [0.15, 0.2) is 12.1 Å². The average Bonchev–Trinajstić information content (AvgIpc) is 2.77. The Labute approximate surface area is 82.9 Å². The Hall–Kier alpha value is -0.730. The zero-order valence-electron chi connectivity index (χ0n) is 7.60. The van der Waals surface area contributed by atoms with Crippen LogP contribution in [0.2, 0.25) is 5.02 Å². The van der Waals surface area contributed by atoms with E-state index in [0.717, 1.165) is 34.7 Å². The summed E-state index contributed by atoms with van der Waals surface area (Å²) in [6, 6.07) is 3.75. The zero-order chi connectivity index (χ0) is 9.64. The van der Waals surface area contributed by atoms with Crippen LogP contribution in [0.3, 0.4) is 0 Å². The van der Waals surface area contributed by atoms with E-state index in [1.165, 1.54) is 0 Å². The van der Waals surface area contributed by atoms with Gasteiger partial charge in [0.15, 0.2) is 0 Å². The van der Waals surface area contributed by atoms with Gasteiger partial charge in [-0.15, -0.1) is 0 Å². The molecule has 0 bridgehead atoms. The molecule has 0 aromatic heterocycles. The molecule has 0 aliphatic heterocycles. The van der Waals surface area contributed by atoms with Crippen molar-refractivity contribution >= 4 is 17.3 Å². The van der Waals surface area contributed by atoms with Gasteiger partial charge in [-0.3, -0.25) is 0 Å². The Morgan fingerprint density at radius 2 is 2.00 bits per heavy atom. The summed E-state index contributed by atoms with van der Waals surface area (Å²) in [5.41, 5.74) is 14.6. The Kier molecular flexibility index (Phi) is 1.79. The van der Waals surface area contributed by atoms with Crippen LogP contribution in [0, 0.1) is 6.92 Å². The van der Waals surface area contributed by atoms with Gasteiger partial charge in [0.25, 0.3) is 0 Å². The van der Waals surface area contributed by atoms with Gasteiger partial charge >= 0.3 is 0 Å². The maximum atomic E-state index is 6.07. The highest BCUT2D eigenvalue weighted by Gasteiger charge is 2.41. The molecule has 2 rings (SSSR count). The van der Waals surface area contributed by atoms with E-state index in [0.29, 0.717) is 0 Å². The van der Waals surface area contributed by atoms with Gasteiger partial charge in [0.1, 0.15) is 0 Å². The summed E-state index contributed by atoms with van der Waals surface area (Å²) in [6.45, 7) is 1.95. The molecular weight excluding hydrogens is 184 g/mol. The summed E-state index contributed by atoms with van der Waals surface area (Å²) in [4.78, 5) is 0. The summed E-state index contributed by atoms with van der Waals surface area (Å²) in [6.07, 6.45) is 2.02. The van der Waals surface area contributed by atoms with E-state index in [-0.39, 0.29) is 5.54 Å². The Balaban J connectivity index is 2.56. The molecular formula is C10H13ClN2. The topological polar surface area (TPSA) is 52.0 Å². The van der Waals surface area contributed by atoms with Crippen LogP contribution in [0.5, 0.6) is 0 Å². The van der Waals surface area contributed by atoms with Gasteiger partial charge in [-0.05, 0) is 43.0 Å². The molecule has 0 saturated heterocycles. The number of nitrogens with two attached hydrogens (primary N) is 2. The molecule has 1 saturated carbocycles. The number of nitrogen functional groups attached to an aromatic ring is 1. The fourth-order valence-electron chi connectivity index (χ4n) is 1.57. The number of aryl methyl sites for hydroxylation is 1. The normalized spacial score (nSPS) is 18.7. The molecule has 4 N–H and O–H groups in total. The third-order valence-electron chi connectivity index (χ3n) is 2.68. The predicted octanol–water partition coefficient (Wildman–Crippen LogP) is 2.18. The van der Waals surface area contributed by atoms with Crippen molar-refractivity contribution in [3.8, 4) is 0 Å². The molecule has 0 unspecified atom stereocenters. The molecule has 0 amide bonds. The molecule has 1 fully saturated rings. The molecule has 1 aliphatic carbocycles. The highest BCUT2D eigenvalue weighted by Crippen LogP contribution is 2.46. The molecule has 1 aromatic rings. The third kappa shape index (κ3) is 1.40. The lowest BCUT2D eigenvalue weighted by Gasteiger charge is -2.14. The molecule has 1 aromatic carbocycles. The average molecular weight is 197 g/mol. The van der Waals surface area contributed by atoms with Crippen molar-refractivity contribution in [2.45, 2.75) is 25.3 Å². The van der Waals surface area contributed by atoms with Gasteiger partial charge < -0.3 is 11.5 Å². The number of halogens is 1. The van der Waals surface area contributed by atoms with Gasteiger partial charge in [0, 0.05) is 16.2 Å². The van der Waals surface area contributed by atoms with E-state index in [1.807, 2.05) is 19.1 Å². The van der Waals surface area contributed by atoms with E-state index in [1.54, 1.807) is 0 Å². The van der Waals surface area contributed by atoms with Crippen LogP contribution in [0.25, 0.3) is 0 Å². The van der Waals surface area contributed by atoms with Gasteiger partial charge in [0.2, 0.25) is 0 Å². The Morgan fingerprint density at radius 1 is 1.38 bits per heavy atom.